The number of hydrogen-bond donors (Lipinski definition) is 2. The van der Waals surface area contributed by atoms with Gasteiger partial charge < -0.3 is 15.8 Å². The zero-order valence-corrected chi connectivity index (χ0v) is 13.7. The molecule has 118 valence electrons. The van der Waals surface area contributed by atoms with Gasteiger partial charge in [0.2, 0.25) is 5.91 Å². The number of amides is 1. The van der Waals surface area contributed by atoms with E-state index in [0.29, 0.717) is 24.8 Å². The largest absolute Gasteiger partial charge is 0.378 e. The van der Waals surface area contributed by atoms with Crippen LogP contribution in [-0.4, -0.2) is 31.2 Å². The first-order valence-electron chi connectivity index (χ1n) is 7.92. The summed E-state index contributed by atoms with van der Waals surface area (Å²) in [7, 11) is 0. The molecule has 1 aliphatic rings. The summed E-state index contributed by atoms with van der Waals surface area (Å²) in [5.41, 5.74) is 5.79. The van der Waals surface area contributed by atoms with Gasteiger partial charge in [-0.05, 0) is 38.1 Å². The Balaban J connectivity index is 2.40. The minimum absolute atomic E-state index is 0.0297. The molecule has 20 heavy (non-hydrogen) atoms. The first-order valence-corrected chi connectivity index (χ1v) is 7.92. The Morgan fingerprint density at radius 1 is 1.45 bits per heavy atom. The van der Waals surface area contributed by atoms with Gasteiger partial charge in [-0.25, -0.2) is 0 Å². The van der Waals surface area contributed by atoms with E-state index in [9.17, 15) is 4.79 Å². The molecular weight excluding hydrogens is 252 g/mol. The number of nitrogens with one attached hydrogen (secondary N) is 1. The van der Waals surface area contributed by atoms with Crippen molar-refractivity contribution >= 4 is 5.91 Å². The standard InChI is InChI=1S/C16H32N2O2/c1-6-20-14-9-13(16(14,4)5)18-15(19)8-12(10-17)7-11(2)3/h11-14H,6-10,17H2,1-5H3,(H,18,19). The molecule has 0 aromatic rings. The van der Waals surface area contributed by atoms with E-state index < -0.39 is 0 Å². The summed E-state index contributed by atoms with van der Waals surface area (Å²) in [5, 5.41) is 3.16. The first kappa shape index (κ1) is 17.4. The van der Waals surface area contributed by atoms with Crippen molar-refractivity contribution in [2.24, 2.45) is 23.0 Å². The van der Waals surface area contributed by atoms with Crippen LogP contribution in [0.15, 0.2) is 0 Å². The predicted octanol–water partition coefficient (Wildman–Crippen LogP) is 2.32. The van der Waals surface area contributed by atoms with E-state index in [-0.39, 0.29) is 23.5 Å². The number of rotatable bonds is 8. The summed E-state index contributed by atoms with van der Waals surface area (Å²) in [6.45, 7) is 12.0. The maximum absolute atomic E-state index is 12.1. The fourth-order valence-corrected chi connectivity index (χ4v) is 3.06. The van der Waals surface area contributed by atoms with Crippen molar-refractivity contribution in [3.63, 3.8) is 0 Å². The lowest BCUT2D eigenvalue weighted by Crippen LogP contribution is -2.62. The monoisotopic (exact) mass is 284 g/mol. The molecule has 3 N–H and O–H groups in total. The molecule has 1 aliphatic carbocycles. The Morgan fingerprint density at radius 3 is 2.55 bits per heavy atom. The Morgan fingerprint density at radius 2 is 2.10 bits per heavy atom. The van der Waals surface area contributed by atoms with Crippen LogP contribution in [0.4, 0.5) is 0 Å². The van der Waals surface area contributed by atoms with Gasteiger partial charge in [0, 0.05) is 24.5 Å². The normalized spacial score (nSPS) is 26.1. The minimum atomic E-state index is 0.0297. The molecule has 0 radical (unpaired) electrons. The van der Waals surface area contributed by atoms with Crippen molar-refractivity contribution < 1.29 is 9.53 Å². The van der Waals surface area contributed by atoms with Gasteiger partial charge in [0.15, 0.2) is 0 Å². The molecule has 0 aromatic carbocycles. The lowest BCUT2D eigenvalue weighted by atomic mass is 9.64. The van der Waals surface area contributed by atoms with Crippen molar-refractivity contribution in [1.29, 1.82) is 0 Å². The van der Waals surface area contributed by atoms with E-state index >= 15 is 0 Å². The topological polar surface area (TPSA) is 64.3 Å². The molecule has 4 nitrogen and oxygen atoms in total. The minimum Gasteiger partial charge on any atom is -0.378 e. The van der Waals surface area contributed by atoms with Gasteiger partial charge in [0.25, 0.3) is 0 Å². The van der Waals surface area contributed by atoms with Gasteiger partial charge in [-0.1, -0.05) is 27.7 Å². The molecule has 0 bridgehead atoms. The van der Waals surface area contributed by atoms with Crippen LogP contribution in [-0.2, 0) is 9.53 Å². The van der Waals surface area contributed by atoms with Crippen molar-refractivity contribution in [2.45, 2.75) is 66.0 Å². The second kappa shape index (κ2) is 7.41. The lowest BCUT2D eigenvalue weighted by Gasteiger charge is -2.51. The highest BCUT2D eigenvalue weighted by molar-refractivity contribution is 5.76. The SMILES string of the molecule is CCOC1CC(NC(=O)CC(CN)CC(C)C)C1(C)C. The Labute approximate surface area is 123 Å². The van der Waals surface area contributed by atoms with Crippen LogP contribution in [0.25, 0.3) is 0 Å². The molecule has 0 aromatic heterocycles. The zero-order chi connectivity index (χ0) is 15.3. The molecule has 1 saturated carbocycles. The summed E-state index contributed by atoms with van der Waals surface area (Å²) in [4.78, 5) is 12.1. The molecule has 0 spiro atoms. The second-order valence-corrected chi connectivity index (χ2v) is 7.06. The number of hydrogen-bond acceptors (Lipinski definition) is 3. The maximum atomic E-state index is 12.1. The third kappa shape index (κ3) is 4.45. The lowest BCUT2D eigenvalue weighted by molar-refractivity contribution is -0.137. The summed E-state index contributed by atoms with van der Waals surface area (Å²) < 4.78 is 5.69. The summed E-state index contributed by atoms with van der Waals surface area (Å²) in [6, 6.07) is 0.226. The molecule has 0 heterocycles. The third-order valence-electron chi connectivity index (χ3n) is 4.49. The van der Waals surface area contributed by atoms with E-state index in [0.717, 1.165) is 19.4 Å². The smallest absolute Gasteiger partial charge is 0.220 e. The summed E-state index contributed by atoms with van der Waals surface area (Å²) in [5.74, 6) is 1.01. The Bertz CT molecular complexity index is 316. The van der Waals surface area contributed by atoms with Crippen LogP contribution in [0.1, 0.15) is 53.9 Å². The molecule has 1 fully saturated rings. The predicted molar refractivity (Wildman–Crippen MR) is 82.4 cm³/mol. The maximum Gasteiger partial charge on any atom is 0.220 e. The molecule has 1 amide bonds. The molecule has 3 atom stereocenters. The van der Waals surface area contributed by atoms with Crippen molar-refractivity contribution in [3.05, 3.63) is 0 Å². The number of carbonyl (C=O) groups is 1. The number of carbonyl (C=O) groups excluding carboxylic acids is 1. The van der Waals surface area contributed by atoms with Gasteiger partial charge in [-0.2, -0.15) is 0 Å². The van der Waals surface area contributed by atoms with Crippen molar-refractivity contribution in [3.8, 4) is 0 Å². The van der Waals surface area contributed by atoms with Crippen LogP contribution in [0.5, 0.6) is 0 Å². The van der Waals surface area contributed by atoms with E-state index in [1.807, 2.05) is 6.92 Å². The second-order valence-electron chi connectivity index (χ2n) is 7.06. The van der Waals surface area contributed by atoms with Gasteiger partial charge in [0.1, 0.15) is 0 Å². The summed E-state index contributed by atoms with van der Waals surface area (Å²) >= 11 is 0. The van der Waals surface area contributed by atoms with Gasteiger partial charge in [0.05, 0.1) is 6.10 Å². The quantitative estimate of drug-likeness (QED) is 0.719. The molecule has 0 saturated heterocycles. The van der Waals surface area contributed by atoms with E-state index in [2.05, 4.69) is 33.0 Å². The molecule has 0 aliphatic heterocycles. The highest BCUT2D eigenvalue weighted by atomic mass is 16.5. The van der Waals surface area contributed by atoms with Gasteiger partial charge in [-0.15, -0.1) is 0 Å². The molecular formula is C16H32N2O2. The van der Waals surface area contributed by atoms with E-state index in [1.54, 1.807) is 0 Å². The molecule has 3 unspecified atom stereocenters. The van der Waals surface area contributed by atoms with Crippen LogP contribution < -0.4 is 11.1 Å². The molecule has 4 heteroatoms. The van der Waals surface area contributed by atoms with Gasteiger partial charge in [-0.3, -0.25) is 4.79 Å². The van der Waals surface area contributed by atoms with E-state index in [1.165, 1.54) is 0 Å². The highest BCUT2D eigenvalue weighted by Crippen LogP contribution is 2.42. The first-order chi connectivity index (χ1) is 9.31. The zero-order valence-electron chi connectivity index (χ0n) is 13.7. The van der Waals surface area contributed by atoms with Crippen LogP contribution in [0.3, 0.4) is 0 Å². The number of nitrogens with two attached hydrogens (primary N) is 1. The Kier molecular flexibility index (Phi) is 6.46. The van der Waals surface area contributed by atoms with Gasteiger partial charge >= 0.3 is 0 Å². The summed E-state index contributed by atoms with van der Waals surface area (Å²) in [6.07, 6.45) is 2.74. The Hall–Kier alpha value is -0.610. The van der Waals surface area contributed by atoms with Crippen LogP contribution in [0, 0.1) is 17.3 Å². The fraction of sp³-hybridized carbons (Fsp3) is 0.938. The molecule has 1 rings (SSSR count). The van der Waals surface area contributed by atoms with Crippen LogP contribution in [0.2, 0.25) is 0 Å². The third-order valence-corrected chi connectivity index (χ3v) is 4.49. The average molecular weight is 284 g/mol. The fourth-order valence-electron chi connectivity index (χ4n) is 3.06. The van der Waals surface area contributed by atoms with E-state index in [4.69, 9.17) is 10.5 Å². The van der Waals surface area contributed by atoms with Crippen LogP contribution >= 0.6 is 0 Å². The highest BCUT2D eigenvalue weighted by Gasteiger charge is 2.49. The van der Waals surface area contributed by atoms with Crippen molar-refractivity contribution in [1.82, 2.24) is 5.32 Å². The number of ether oxygens (including phenoxy) is 1. The average Bonchev–Trinajstić information content (AvgIpc) is 2.36. The van der Waals surface area contributed by atoms with Crippen molar-refractivity contribution in [2.75, 3.05) is 13.2 Å².